The molecular weight excluding hydrogens is 214 g/mol. The maximum Gasteiger partial charge on any atom is 0.179 e. The van der Waals surface area contributed by atoms with Crippen LogP contribution in [-0.2, 0) is 6.54 Å². The van der Waals surface area contributed by atoms with Crippen molar-refractivity contribution in [1.82, 2.24) is 25.3 Å². The molecule has 0 saturated carbocycles. The first-order valence-corrected chi connectivity index (χ1v) is 5.68. The van der Waals surface area contributed by atoms with Gasteiger partial charge in [0.2, 0.25) is 0 Å². The SMILES string of the molecule is CCCNCc1cnc(-c2cnccn2)nc1. The first kappa shape index (κ1) is 11.6. The summed E-state index contributed by atoms with van der Waals surface area (Å²) >= 11 is 0. The van der Waals surface area contributed by atoms with Crippen molar-refractivity contribution in [3.63, 3.8) is 0 Å². The van der Waals surface area contributed by atoms with Crippen LogP contribution in [0.3, 0.4) is 0 Å². The van der Waals surface area contributed by atoms with Crippen molar-refractivity contribution < 1.29 is 0 Å². The van der Waals surface area contributed by atoms with Crippen molar-refractivity contribution >= 4 is 0 Å². The van der Waals surface area contributed by atoms with E-state index >= 15 is 0 Å². The lowest BCUT2D eigenvalue weighted by molar-refractivity contribution is 0.672. The van der Waals surface area contributed by atoms with Crippen molar-refractivity contribution in [3.05, 3.63) is 36.5 Å². The van der Waals surface area contributed by atoms with Crippen LogP contribution in [0.2, 0.25) is 0 Å². The summed E-state index contributed by atoms with van der Waals surface area (Å²) in [6.45, 7) is 3.95. The molecule has 0 atom stereocenters. The molecule has 0 unspecified atom stereocenters. The third-order valence-corrected chi connectivity index (χ3v) is 2.25. The lowest BCUT2D eigenvalue weighted by atomic mass is 10.3. The molecule has 2 aromatic heterocycles. The van der Waals surface area contributed by atoms with Crippen LogP contribution >= 0.6 is 0 Å². The molecule has 0 aliphatic carbocycles. The summed E-state index contributed by atoms with van der Waals surface area (Å²) in [4.78, 5) is 16.7. The van der Waals surface area contributed by atoms with E-state index in [0.717, 1.165) is 25.1 Å². The van der Waals surface area contributed by atoms with Gasteiger partial charge >= 0.3 is 0 Å². The molecule has 0 bridgehead atoms. The summed E-state index contributed by atoms with van der Waals surface area (Å²) in [5.41, 5.74) is 1.77. The Morgan fingerprint density at radius 3 is 2.53 bits per heavy atom. The summed E-state index contributed by atoms with van der Waals surface area (Å²) in [5, 5.41) is 3.30. The topological polar surface area (TPSA) is 63.6 Å². The second-order valence-corrected chi connectivity index (χ2v) is 3.68. The molecule has 88 valence electrons. The van der Waals surface area contributed by atoms with Gasteiger partial charge in [-0.25, -0.2) is 15.0 Å². The Kier molecular flexibility index (Phi) is 4.10. The van der Waals surface area contributed by atoms with Crippen LogP contribution in [-0.4, -0.2) is 26.5 Å². The Bertz CT molecular complexity index is 440. The number of aromatic nitrogens is 4. The van der Waals surface area contributed by atoms with Gasteiger partial charge in [0.1, 0.15) is 5.69 Å². The van der Waals surface area contributed by atoms with Gasteiger partial charge in [-0.05, 0) is 13.0 Å². The molecular formula is C12H15N5. The molecule has 2 aromatic rings. The van der Waals surface area contributed by atoms with Crippen molar-refractivity contribution in [2.45, 2.75) is 19.9 Å². The zero-order valence-corrected chi connectivity index (χ0v) is 9.80. The van der Waals surface area contributed by atoms with Crippen molar-refractivity contribution in [1.29, 1.82) is 0 Å². The molecule has 0 aromatic carbocycles. The Labute approximate surface area is 100 Å². The van der Waals surface area contributed by atoms with Crippen LogP contribution < -0.4 is 5.32 Å². The van der Waals surface area contributed by atoms with Gasteiger partial charge in [-0.15, -0.1) is 0 Å². The van der Waals surface area contributed by atoms with Crippen molar-refractivity contribution in [2.75, 3.05) is 6.54 Å². The zero-order chi connectivity index (χ0) is 11.9. The van der Waals surface area contributed by atoms with E-state index in [-0.39, 0.29) is 0 Å². The molecule has 5 heteroatoms. The largest absolute Gasteiger partial charge is 0.313 e. The van der Waals surface area contributed by atoms with E-state index in [9.17, 15) is 0 Å². The van der Waals surface area contributed by atoms with Gasteiger partial charge in [-0.3, -0.25) is 4.98 Å². The smallest absolute Gasteiger partial charge is 0.179 e. The summed E-state index contributed by atoms with van der Waals surface area (Å²) < 4.78 is 0. The molecule has 17 heavy (non-hydrogen) atoms. The van der Waals surface area contributed by atoms with E-state index in [1.807, 2.05) is 12.4 Å². The van der Waals surface area contributed by atoms with E-state index in [2.05, 4.69) is 32.2 Å². The minimum absolute atomic E-state index is 0.609. The zero-order valence-electron chi connectivity index (χ0n) is 9.80. The molecule has 0 amide bonds. The highest BCUT2D eigenvalue weighted by atomic mass is 14.9. The fraction of sp³-hybridized carbons (Fsp3) is 0.333. The predicted molar refractivity (Wildman–Crippen MR) is 65.1 cm³/mol. The number of hydrogen-bond donors (Lipinski definition) is 1. The first-order chi connectivity index (χ1) is 8.40. The van der Waals surface area contributed by atoms with Gasteiger partial charge in [-0.2, -0.15) is 0 Å². The van der Waals surface area contributed by atoms with Crippen LogP contribution in [0.1, 0.15) is 18.9 Å². The summed E-state index contributed by atoms with van der Waals surface area (Å²) in [6, 6.07) is 0. The van der Waals surface area contributed by atoms with Crippen LogP contribution in [0.5, 0.6) is 0 Å². The van der Waals surface area contributed by atoms with E-state index < -0.39 is 0 Å². The van der Waals surface area contributed by atoms with Crippen LogP contribution in [0, 0.1) is 0 Å². The third kappa shape index (κ3) is 3.29. The highest BCUT2D eigenvalue weighted by Crippen LogP contribution is 2.08. The van der Waals surface area contributed by atoms with Gasteiger partial charge in [0.05, 0.1) is 6.20 Å². The van der Waals surface area contributed by atoms with Gasteiger partial charge in [0, 0.05) is 36.9 Å². The lowest BCUT2D eigenvalue weighted by Crippen LogP contribution is -2.14. The summed E-state index contributed by atoms with van der Waals surface area (Å²) in [6.07, 6.45) is 9.68. The molecule has 0 radical (unpaired) electrons. The van der Waals surface area contributed by atoms with E-state index in [1.165, 1.54) is 0 Å². The van der Waals surface area contributed by atoms with E-state index in [0.29, 0.717) is 11.5 Å². The number of hydrogen-bond acceptors (Lipinski definition) is 5. The molecule has 0 spiro atoms. The normalized spacial score (nSPS) is 10.4. The minimum Gasteiger partial charge on any atom is -0.313 e. The van der Waals surface area contributed by atoms with E-state index in [4.69, 9.17) is 0 Å². The van der Waals surface area contributed by atoms with Crippen LogP contribution in [0.4, 0.5) is 0 Å². The monoisotopic (exact) mass is 229 g/mol. The highest BCUT2D eigenvalue weighted by molar-refractivity contribution is 5.46. The number of nitrogens with one attached hydrogen (secondary N) is 1. The Morgan fingerprint density at radius 2 is 1.88 bits per heavy atom. The van der Waals surface area contributed by atoms with Crippen molar-refractivity contribution in [3.8, 4) is 11.5 Å². The lowest BCUT2D eigenvalue weighted by Gasteiger charge is -2.03. The number of nitrogens with zero attached hydrogens (tertiary/aromatic N) is 4. The molecule has 0 aliphatic rings. The molecule has 2 heterocycles. The summed E-state index contributed by atoms with van der Waals surface area (Å²) in [5.74, 6) is 0.609. The maximum atomic E-state index is 4.27. The molecule has 1 N–H and O–H groups in total. The predicted octanol–water partition coefficient (Wildman–Crippen LogP) is 1.43. The fourth-order valence-electron chi connectivity index (χ4n) is 1.40. The van der Waals surface area contributed by atoms with Gasteiger partial charge in [0.15, 0.2) is 5.82 Å². The van der Waals surface area contributed by atoms with Crippen molar-refractivity contribution in [2.24, 2.45) is 0 Å². The molecule has 5 nitrogen and oxygen atoms in total. The van der Waals surface area contributed by atoms with Gasteiger partial charge < -0.3 is 5.32 Å². The van der Waals surface area contributed by atoms with E-state index in [1.54, 1.807) is 18.6 Å². The Balaban J connectivity index is 2.03. The third-order valence-electron chi connectivity index (χ3n) is 2.25. The molecule has 0 fully saturated rings. The molecule has 0 saturated heterocycles. The average Bonchev–Trinajstić information content (AvgIpc) is 2.41. The second kappa shape index (κ2) is 6.00. The molecule has 0 aliphatic heterocycles. The summed E-state index contributed by atoms with van der Waals surface area (Å²) in [7, 11) is 0. The van der Waals surface area contributed by atoms with Crippen LogP contribution in [0.25, 0.3) is 11.5 Å². The first-order valence-electron chi connectivity index (χ1n) is 5.68. The standard InChI is InChI=1S/C12H15N5/c1-2-3-13-6-10-7-16-12(17-8-10)11-9-14-4-5-15-11/h4-5,7-9,13H,2-3,6H2,1H3. The second-order valence-electron chi connectivity index (χ2n) is 3.68. The fourth-order valence-corrected chi connectivity index (χ4v) is 1.40. The minimum atomic E-state index is 0.609. The number of rotatable bonds is 5. The average molecular weight is 229 g/mol. The Hall–Kier alpha value is -1.88. The Morgan fingerprint density at radius 1 is 1.06 bits per heavy atom. The molecule has 2 rings (SSSR count). The quantitative estimate of drug-likeness (QED) is 0.786. The van der Waals surface area contributed by atoms with Gasteiger partial charge in [0.25, 0.3) is 0 Å². The highest BCUT2D eigenvalue weighted by Gasteiger charge is 2.02. The van der Waals surface area contributed by atoms with Gasteiger partial charge in [-0.1, -0.05) is 6.92 Å². The van der Waals surface area contributed by atoms with Crippen LogP contribution in [0.15, 0.2) is 31.0 Å². The maximum absolute atomic E-state index is 4.27.